The molecule has 0 unspecified atom stereocenters. The van der Waals surface area contributed by atoms with Crippen LogP contribution in [0, 0.1) is 13.8 Å². The first kappa shape index (κ1) is 14.9. The van der Waals surface area contributed by atoms with Crippen LogP contribution in [0.4, 0.5) is 5.69 Å². The van der Waals surface area contributed by atoms with Gasteiger partial charge in [-0.25, -0.2) is 9.97 Å². The van der Waals surface area contributed by atoms with Crippen molar-refractivity contribution in [1.82, 2.24) is 9.97 Å². The van der Waals surface area contributed by atoms with Crippen molar-refractivity contribution in [3.05, 3.63) is 77.6 Å². The number of nitrogens with one attached hydrogen (secondary N) is 1. The molecule has 0 bridgehead atoms. The third-order valence-corrected chi connectivity index (χ3v) is 3.49. The fourth-order valence-electron chi connectivity index (χ4n) is 2.23. The van der Waals surface area contributed by atoms with Crippen molar-refractivity contribution in [2.24, 2.45) is 0 Å². The number of aromatic nitrogens is 2. The van der Waals surface area contributed by atoms with E-state index in [9.17, 15) is 4.79 Å². The normalized spacial score (nSPS) is 10.3. The van der Waals surface area contributed by atoms with Crippen molar-refractivity contribution in [2.75, 3.05) is 5.32 Å². The van der Waals surface area contributed by atoms with Crippen LogP contribution in [0.5, 0.6) is 0 Å². The molecule has 0 saturated carbocycles. The van der Waals surface area contributed by atoms with Crippen LogP contribution in [-0.4, -0.2) is 15.9 Å². The van der Waals surface area contributed by atoms with Crippen molar-refractivity contribution in [2.45, 2.75) is 13.8 Å². The van der Waals surface area contributed by atoms with E-state index in [1.807, 2.05) is 68.4 Å². The first-order valence-electron chi connectivity index (χ1n) is 7.40. The van der Waals surface area contributed by atoms with Crippen molar-refractivity contribution in [3.63, 3.8) is 0 Å². The number of hydrogen-bond acceptors (Lipinski definition) is 3. The van der Waals surface area contributed by atoms with E-state index < -0.39 is 0 Å². The smallest absolute Gasteiger partial charge is 0.255 e. The van der Waals surface area contributed by atoms with Gasteiger partial charge in [-0.1, -0.05) is 29.8 Å². The molecule has 2 aromatic carbocycles. The van der Waals surface area contributed by atoms with Gasteiger partial charge in [0.15, 0.2) is 5.82 Å². The summed E-state index contributed by atoms with van der Waals surface area (Å²) in [6.07, 6.45) is 1.73. The quantitative estimate of drug-likeness (QED) is 0.795. The van der Waals surface area contributed by atoms with Crippen molar-refractivity contribution < 1.29 is 4.79 Å². The van der Waals surface area contributed by atoms with Gasteiger partial charge in [0, 0.05) is 28.7 Å². The predicted molar refractivity (Wildman–Crippen MR) is 91.3 cm³/mol. The summed E-state index contributed by atoms with van der Waals surface area (Å²) in [6, 6.07) is 16.9. The largest absolute Gasteiger partial charge is 0.322 e. The zero-order chi connectivity index (χ0) is 16.2. The molecule has 1 heterocycles. The van der Waals surface area contributed by atoms with Crippen molar-refractivity contribution in [1.29, 1.82) is 0 Å². The second-order valence-corrected chi connectivity index (χ2v) is 5.42. The minimum absolute atomic E-state index is 0.132. The molecule has 3 aromatic rings. The molecular weight excluding hydrogens is 286 g/mol. The van der Waals surface area contributed by atoms with Crippen LogP contribution in [0.15, 0.2) is 60.8 Å². The standard InChI is InChI=1S/C19H17N3O/c1-13-6-8-15(9-7-13)19(23)22-17-5-3-4-16(12-17)18-20-11-10-14(2)21-18/h3-12H,1-2H3,(H,22,23). The molecule has 0 aliphatic rings. The fourth-order valence-corrected chi connectivity index (χ4v) is 2.23. The molecular formula is C19H17N3O. The molecule has 3 rings (SSSR count). The topological polar surface area (TPSA) is 54.9 Å². The highest BCUT2D eigenvalue weighted by Crippen LogP contribution is 2.20. The third kappa shape index (κ3) is 3.61. The Bertz CT molecular complexity index is 841. The fraction of sp³-hybridized carbons (Fsp3) is 0.105. The number of aryl methyl sites for hydroxylation is 2. The molecule has 0 fully saturated rings. The minimum Gasteiger partial charge on any atom is -0.322 e. The molecule has 114 valence electrons. The first-order valence-corrected chi connectivity index (χ1v) is 7.40. The van der Waals surface area contributed by atoms with Crippen LogP contribution in [-0.2, 0) is 0 Å². The Kier molecular flexibility index (Phi) is 4.15. The molecule has 1 amide bonds. The summed E-state index contributed by atoms with van der Waals surface area (Å²) in [7, 11) is 0. The van der Waals surface area contributed by atoms with Crippen LogP contribution >= 0.6 is 0 Å². The molecule has 0 spiro atoms. The van der Waals surface area contributed by atoms with E-state index in [0.717, 1.165) is 22.5 Å². The van der Waals surface area contributed by atoms with Crippen LogP contribution in [0.1, 0.15) is 21.6 Å². The zero-order valence-electron chi connectivity index (χ0n) is 13.1. The first-order chi connectivity index (χ1) is 11.1. The maximum atomic E-state index is 12.3. The van der Waals surface area contributed by atoms with Gasteiger partial charge in [0.05, 0.1) is 0 Å². The molecule has 0 radical (unpaired) electrons. The van der Waals surface area contributed by atoms with Crippen LogP contribution in [0.3, 0.4) is 0 Å². The lowest BCUT2D eigenvalue weighted by Crippen LogP contribution is -2.11. The lowest BCUT2D eigenvalue weighted by atomic mass is 10.1. The molecule has 4 nitrogen and oxygen atoms in total. The summed E-state index contributed by atoms with van der Waals surface area (Å²) in [5.41, 5.74) is 4.26. The average Bonchev–Trinajstić information content (AvgIpc) is 2.56. The van der Waals surface area contributed by atoms with Gasteiger partial charge in [-0.3, -0.25) is 4.79 Å². The summed E-state index contributed by atoms with van der Waals surface area (Å²) in [5.74, 6) is 0.517. The molecule has 4 heteroatoms. The molecule has 0 aliphatic heterocycles. The highest BCUT2D eigenvalue weighted by Gasteiger charge is 2.07. The van der Waals surface area contributed by atoms with Crippen molar-refractivity contribution >= 4 is 11.6 Å². The van der Waals surface area contributed by atoms with Gasteiger partial charge < -0.3 is 5.32 Å². The van der Waals surface area contributed by atoms with Gasteiger partial charge in [0.1, 0.15) is 0 Å². The number of carbonyl (C=O) groups is 1. The summed E-state index contributed by atoms with van der Waals surface area (Å²) in [6.45, 7) is 3.92. The van der Waals surface area contributed by atoms with E-state index >= 15 is 0 Å². The zero-order valence-corrected chi connectivity index (χ0v) is 13.1. The predicted octanol–water partition coefficient (Wildman–Crippen LogP) is 4.01. The number of hydrogen-bond donors (Lipinski definition) is 1. The summed E-state index contributed by atoms with van der Waals surface area (Å²) < 4.78 is 0. The molecule has 23 heavy (non-hydrogen) atoms. The number of benzene rings is 2. The van der Waals surface area contributed by atoms with Gasteiger partial charge in [-0.2, -0.15) is 0 Å². The Labute approximate surface area is 135 Å². The summed E-state index contributed by atoms with van der Waals surface area (Å²) in [5, 5.41) is 2.91. The van der Waals surface area contributed by atoms with E-state index in [1.165, 1.54) is 0 Å². The van der Waals surface area contributed by atoms with E-state index in [-0.39, 0.29) is 5.91 Å². The highest BCUT2D eigenvalue weighted by molar-refractivity contribution is 6.04. The average molecular weight is 303 g/mol. The minimum atomic E-state index is -0.132. The Morgan fingerprint density at radius 2 is 1.78 bits per heavy atom. The number of anilines is 1. The molecule has 0 aliphatic carbocycles. The number of nitrogens with zero attached hydrogens (tertiary/aromatic N) is 2. The lowest BCUT2D eigenvalue weighted by Gasteiger charge is -2.07. The molecule has 0 saturated heterocycles. The van der Waals surface area contributed by atoms with Crippen LogP contribution in [0.25, 0.3) is 11.4 Å². The maximum Gasteiger partial charge on any atom is 0.255 e. The van der Waals surface area contributed by atoms with Gasteiger partial charge >= 0.3 is 0 Å². The van der Waals surface area contributed by atoms with Gasteiger partial charge in [0.2, 0.25) is 0 Å². The van der Waals surface area contributed by atoms with Gasteiger partial charge in [0.25, 0.3) is 5.91 Å². The summed E-state index contributed by atoms with van der Waals surface area (Å²) >= 11 is 0. The van der Waals surface area contributed by atoms with E-state index in [4.69, 9.17) is 0 Å². The van der Waals surface area contributed by atoms with E-state index in [1.54, 1.807) is 6.20 Å². The summed E-state index contributed by atoms with van der Waals surface area (Å²) in [4.78, 5) is 21.0. The molecule has 1 aromatic heterocycles. The lowest BCUT2D eigenvalue weighted by molar-refractivity contribution is 0.102. The highest BCUT2D eigenvalue weighted by atomic mass is 16.1. The molecule has 1 N–H and O–H groups in total. The van der Waals surface area contributed by atoms with Crippen LogP contribution < -0.4 is 5.32 Å². The second kappa shape index (κ2) is 6.40. The monoisotopic (exact) mass is 303 g/mol. The Balaban J connectivity index is 1.82. The van der Waals surface area contributed by atoms with Gasteiger partial charge in [-0.15, -0.1) is 0 Å². The third-order valence-electron chi connectivity index (χ3n) is 3.49. The second-order valence-electron chi connectivity index (χ2n) is 5.42. The Hall–Kier alpha value is -3.01. The molecule has 0 atom stereocenters. The van der Waals surface area contributed by atoms with Crippen LogP contribution in [0.2, 0.25) is 0 Å². The van der Waals surface area contributed by atoms with Crippen molar-refractivity contribution in [3.8, 4) is 11.4 Å². The number of rotatable bonds is 3. The van der Waals surface area contributed by atoms with E-state index in [0.29, 0.717) is 11.4 Å². The Morgan fingerprint density at radius 1 is 1.00 bits per heavy atom. The Morgan fingerprint density at radius 3 is 2.52 bits per heavy atom. The SMILES string of the molecule is Cc1ccc(C(=O)Nc2cccc(-c3nccc(C)n3)c2)cc1. The van der Waals surface area contributed by atoms with E-state index in [2.05, 4.69) is 15.3 Å². The maximum absolute atomic E-state index is 12.3. The number of amides is 1. The van der Waals surface area contributed by atoms with Gasteiger partial charge in [-0.05, 0) is 44.2 Å². The number of carbonyl (C=O) groups excluding carboxylic acids is 1.